The van der Waals surface area contributed by atoms with Crippen LogP contribution in [-0.2, 0) is 38.1 Å². The van der Waals surface area contributed by atoms with Crippen molar-refractivity contribution in [2.45, 2.75) is 177 Å². The van der Waals surface area contributed by atoms with Gasteiger partial charge in [-0.1, -0.05) is 98.9 Å². The Morgan fingerprint density at radius 1 is 0.713 bits per heavy atom. The van der Waals surface area contributed by atoms with Crippen LogP contribution in [0.4, 0.5) is 0 Å². The maximum absolute atomic E-state index is 14.5. The van der Waals surface area contributed by atoms with E-state index in [2.05, 4.69) is 5.32 Å². The zero-order valence-electron chi connectivity index (χ0n) is 46.7. The van der Waals surface area contributed by atoms with Crippen molar-refractivity contribution in [2.24, 2.45) is 23.5 Å². The summed E-state index contributed by atoms with van der Waals surface area (Å²) in [7, 11) is 0. The summed E-state index contributed by atoms with van der Waals surface area (Å²) < 4.78 is 29.5. The quantitative estimate of drug-likeness (QED) is 0.0912. The molecule has 80 heavy (non-hydrogen) atoms. The van der Waals surface area contributed by atoms with Crippen LogP contribution in [0.1, 0.15) is 79.1 Å². The van der Waals surface area contributed by atoms with Crippen molar-refractivity contribution in [3.63, 3.8) is 0 Å². The summed E-state index contributed by atoms with van der Waals surface area (Å²) in [6, 6.07) is -1.30. The highest BCUT2D eigenvalue weighted by atomic mass is 16.7. The van der Waals surface area contributed by atoms with Crippen LogP contribution in [0.15, 0.2) is 85.1 Å². The molecule has 19 atom stereocenters. The molecular weight excluding hydrogens is 1040 g/mol. The first-order valence-electron chi connectivity index (χ1n) is 28.0. The van der Waals surface area contributed by atoms with Crippen LogP contribution < -0.4 is 11.1 Å². The van der Waals surface area contributed by atoms with Gasteiger partial charge in [0.1, 0.15) is 24.9 Å². The molecule has 23 heteroatoms. The molecule has 4 heterocycles. The summed E-state index contributed by atoms with van der Waals surface area (Å²) in [6.07, 6.45) is 3.13. The van der Waals surface area contributed by atoms with Crippen LogP contribution in [0.25, 0.3) is 0 Å². The van der Waals surface area contributed by atoms with E-state index in [0.29, 0.717) is 19.6 Å². The lowest BCUT2D eigenvalue weighted by Crippen LogP contribution is -2.64. The monoisotopic (exact) mass is 1140 g/mol. The highest BCUT2D eigenvalue weighted by Crippen LogP contribution is 2.39. The van der Waals surface area contributed by atoms with Crippen LogP contribution in [0.3, 0.4) is 0 Å². The smallest absolute Gasteiger partial charge is 0.308 e. The number of hydrogen-bond acceptors (Lipinski definition) is 21. The molecule has 4 rings (SSSR count). The number of fused-ring (bicyclic) bond motifs is 2. The summed E-state index contributed by atoms with van der Waals surface area (Å²) >= 11 is 0. The molecule has 0 unspecified atom stereocenters. The minimum Gasteiger partial charge on any atom is -0.462 e. The molecule has 454 valence electrons. The molecular formula is C57H92N4O19. The number of nitrogens with zero attached hydrogens (tertiary/aromatic N) is 2. The van der Waals surface area contributed by atoms with Gasteiger partial charge in [0.2, 0.25) is 11.8 Å². The molecule has 2 bridgehead atoms. The Kier molecular flexibility index (Phi) is 30.1. The Morgan fingerprint density at radius 3 is 1.94 bits per heavy atom. The zero-order chi connectivity index (χ0) is 58.9. The molecule has 23 nitrogen and oxygen atoms in total. The highest BCUT2D eigenvalue weighted by molar-refractivity contribution is 5.80. The zero-order valence-corrected chi connectivity index (χ0v) is 46.7. The third kappa shape index (κ3) is 22.9. The molecule has 0 aromatic heterocycles. The lowest BCUT2D eigenvalue weighted by atomic mass is 9.81. The minimum absolute atomic E-state index is 0.0772. The van der Waals surface area contributed by atoms with Crippen molar-refractivity contribution in [3.05, 3.63) is 85.1 Å². The number of nitrogens with one attached hydrogen (secondary N) is 1. The number of rotatable bonds is 10. The number of cyclic esters (lactones) is 1. The van der Waals surface area contributed by atoms with Crippen molar-refractivity contribution in [2.75, 3.05) is 59.1 Å². The normalized spacial score (nSPS) is 40.5. The van der Waals surface area contributed by atoms with Crippen molar-refractivity contribution >= 4 is 17.8 Å². The summed E-state index contributed by atoms with van der Waals surface area (Å²) in [6.45, 7) is 8.26. The van der Waals surface area contributed by atoms with Gasteiger partial charge in [0.05, 0.1) is 92.6 Å². The fourth-order valence-electron chi connectivity index (χ4n) is 10.1. The van der Waals surface area contributed by atoms with Crippen LogP contribution in [0.2, 0.25) is 0 Å². The van der Waals surface area contributed by atoms with Gasteiger partial charge in [0.15, 0.2) is 12.1 Å². The van der Waals surface area contributed by atoms with Crippen molar-refractivity contribution < 1.29 is 94.2 Å². The summed E-state index contributed by atoms with van der Waals surface area (Å²) in [5.41, 5.74) is 5.48. The van der Waals surface area contributed by atoms with E-state index in [-0.39, 0.29) is 64.4 Å². The van der Waals surface area contributed by atoms with E-state index in [1.54, 1.807) is 79.5 Å². The average Bonchev–Trinajstić information content (AvgIpc) is 3.40. The molecule has 3 saturated heterocycles. The molecule has 0 radical (unpaired) electrons. The Labute approximate surface area is 470 Å². The highest BCUT2D eigenvalue weighted by Gasteiger charge is 2.52. The second-order valence-electron chi connectivity index (χ2n) is 21.5. The van der Waals surface area contributed by atoms with Gasteiger partial charge < -0.3 is 95.8 Å². The third-order valence-corrected chi connectivity index (χ3v) is 14.9. The molecule has 3 fully saturated rings. The van der Waals surface area contributed by atoms with E-state index in [4.69, 9.17) is 29.4 Å². The molecule has 0 aromatic carbocycles. The van der Waals surface area contributed by atoms with E-state index in [1.165, 1.54) is 6.92 Å². The molecule has 0 aliphatic carbocycles. The molecule has 0 aromatic rings. The molecule has 4 aliphatic heterocycles. The summed E-state index contributed by atoms with van der Waals surface area (Å²) in [5.74, 6) is -6.31. The number of aliphatic hydroxyl groups excluding tert-OH is 10. The van der Waals surface area contributed by atoms with Crippen molar-refractivity contribution in [3.8, 4) is 0 Å². The van der Waals surface area contributed by atoms with Gasteiger partial charge in [-0.15, -0.1) is 0 Å². The Morgan fingerprint density at radius 2 is 1.32 bits per heavy atom. The van der Waals surface area contributed by atoms with Crippen LogP contribution in [-0.4, -0.2) is 240 Å². The first kappa shape index (κ1) is 68.4. The molecule has 4 aliphatic rings. The lowest BCUT2D eigenvalue weighted by Gasteiger charge is -2.47. The lowest BCUT2D eigenvalue weighted by molar-refractivity contribution is -0.308. The Hall–Kier alpha value is -4.09. The number of allylic oxidation sites excluding steroid dienone is 12. The number of hydrogen-bond donors (Lipinski definition) is 13. The van der Waals surface area contributed by atoms with Crippen LogP contribution in [0.5, 0.6) is 0 Å². The maximum atomic E-state index is 14.5. The number of carbonyl (C=O) groups is 3. The minimum atomic E-state index is -2.34. The van der Waals surface area contributed by atoms with E-state index >= 15 is 0 Å². The third-order valence-electron chi connectivity index (χ3n) is 14.9. The van der Waals surface area contributed by atoms with E-state index in [0.717, 1.165) is 0 Å². The average molecular weight is 1140 g/mol. The predicted octanol–water partition coefficient (Wildman–Crippen LogP) is -1.10. The van der Waals surface area contributed by atoms with E-state index < -0.39 is 159 Å². The number of ether oxygens (including phenoxy) is 5. The number of amides is 2. The second kappa shape index (κ2) is 35.1. The number of nitrogens with two attached hydrogens (primary N) is 1. The Bertz CT molecular complexity index is 2070. The number of β-amino-alcohol motifs (C(OH)–C–C–N with tert-alkyl or cyclic N) is 1. The van der Waals surface area contributed by atoms with Crippen LogP contribution >= 0.6 is 0 Å². The van der Waals surface area contributed by atoms with Crippen molar-refractivity contribution in [1.29, 1.82) is 0 Å². The van der Waals surface area contributed by atoms with Gasteiger partial charge in [-0.05, 0) is 33.1 Å². The Balaban J connectivity index is 1.66. The van der Waals surface area contributed by atoms with Gasteiger partial charge in [-0.2, -0.15) is 0 Å². The molecule has 0 spiro atoms. The number of piperazine rings is 1. The first-order chi connectivity index (χ1) is 38.1. The maximum Gasteiger partial charge on any atom is 0.308 e. The van der Waals surface area contributed by atoms with Gasteiger partial charge >= 0.3 is 5.97 Å². The standard InChI is InChI=1S/C57H92N4O19/c1-36-17-15-13-11-9-7-5-6-8-10-12-14-16-18-43(79-56-54(73)51(53(72)39(4)78-56)59-48(69)35-76-28-21-58)32-47-50(55(74)61-24-22-60(23-25-61)26-27-62)46(68)34-57(75,80-47)33-42(65)30-45(67)44(66)20-19-40(63)29-41(64)31-49(70)77-38(3)37(2)52(36)71/h5-18,36-47,50-54,56,62-68,71-73,75H,19-35,58H2,1-4H3,(H,59,69)/b6-5-,9-7-,10-8-,13-11-,14-12-,17-15-,18-16+/t36-,37-,38-,39+,40+,41+,42-,43-,44+,45+,46-,47-,50+,51-,52+,53+,54-,56-,57+/m0/s1. The second-order valence-corrected chi connectivity index (χ2v) is 21.5. The van der Waals surface area contributed by atoms with E-state index in [9.17, 15) is 70.6 Å². The van der Waals surface area contributed by atoms with Gasteiger partial charge in [-0.3, -0.25) is 19.3 Å². The fraction of sp³-hybridized carbons (Fsp3) is 0.702. The number of aliphatic hydroxyl groups is 11. The molecule has 0 saturated carbocycles. The number of esters is 1. The van der Waals surface area contributed by atoms with Gasteiger partial charge in [0.25, 0.3) is 0 Å². The van der Waals surface area contributed by atoms with Gasteiger partial charge in [-0.25, -0.2) is 0 Å². The first-order valence-corrected chi connectivity index (χ1v) is 28.0. The summed E-state index contributed by atoms with van der Waals surface area (Å²) in [4.78, 5) is 43.7. The molecule has 14 N–H and O–H groups in total. The SMILES string of the molecule is C[C@@H]1[C@H](O)[C@@H](C)\C=C/C=C\C=C/C=C\C=C/C=C\C=C\[C@H](O[C@@H]2O[C@H](C)[C@@H](O)[C@H](NC(=O)COCCN)[C@@H]2O)C[C@@H]2O[C@](O)(C[C@@H](O)C[C@@H](O)[C@H](O)CC[C@@H](O)C[C@@H](O)CC(=O)O[C@H]1C)C[C@H](O)[C@H]2C(=O)N1CCN(CCO)CC1. The van der Waals surface area contributed by atoms with Crippen molar-refractivity contribution in [1.82, 2.24) is 15.1 Å². The largest absolute Gasteiger partial charge is 0.462 e. The van der Waals surface area contributed by atoms with Crippen LogP contribution in [0, 0.1) is 17.8 Å². The predicted molar refractivity (Wildman–Crippen MR) is 293 cm³/mol. The van der Waals surface area contributed by atoms with Gasteiger partial charge in [0, 0.05) is 76.8 Å². The fourth-order valence-corrected chi connectivity index (χ4v) is 10.1. The van der Waals surface area contributed by atoms with E-state index in [1.807, 2.05) is 36.1 Å². The summed E-state index contributed by atoms with van der Waals surface area (Å²) in [5, 5.41) is 124. The molecule has 2 amide bonds. The number of carbonyl (C=O) groups excluding carboxylic acids is 3. The topological polar surface area (TPSA) is 364 Å².